The van der Waals surface area contributed by atoms with Crippen LogP contribution in [-0.4, -0.2) is 17.8 Å². The highest BCUT2D eigenvalue weighted by atomic mass is 16.5. The molecular formula is C8H15NO2. The van der Waals surface area contributed by atoms with Gasteiger partial charge in [-0.3, -0.25) is 5.41 Å². The molecule has 0 aliphatic rings. The number of nitrogens with one attached hydrogen (secondary N) is 1. The molecule has 1 N–H and O–H groups in total. The van der Waals surface area contributed by atoms with Gasteiger partial charge in [0.05, 0.1) is 6.10 Å². The zero-order valence-corrected chi connectivity index (χ0v) is 7.31. The van der Waals surface area contributed by atoms with E-state index >= 15 is 0 Å². The van der Waals surface area contributed by atoms with Gasteiger partial charge in [0.15, 0.2) is 0 Å². The summed E-state index contributed by atoms with van der Waals surface area (Å²) in [7, 11) is 0. The first-order valence-corrected chi connectivity index (χ1v) is 3.86. The van der Waals surface area contributed by atoms with Crippen molar-refractivity contribution < 1.29 is 9.53 Å². The first-order chi connectivity index (χ1) is 5.07. The van der Waals surface area contributed by atoms with E-state index in [0.29, 0.717) is 6.42 Å². The lowest BCUT2D eigenvalue weighted by Gasteiger charge is -2.07. The molecule has 0 radical (unpaired) electrons. The smallest absolute Gasteiger partial charge is 0.352 e. The van der Waals surface area contributed by atoms with E-state index in [9.17, 15) is 4.79 Å². The van der Waals surface area contributed by atoms with Crippen molar-refractivity contribution in [3.63, 3.8) is 0 Å². The summed E-state index contributed by atoms with van der Waals surface area (Å²) >= 11 is 0. The molecule has 0 bridgehead atoms. The standard InChI is InChI=1S/C8H15NO2/c1-4-5-7(9)8(10)11-6(2)3/h6,9H,4-5H2,1-3H3. The van der Waals surface area contributed by atoms with Crippen LogP contribution in [0.3, 0.4) is 0 Å². The van der Waals surface area contributed by atoms with Crippen LogP contribution in [0, 0.1) is 5.41 Å². The first-order valence-electron chi connectivity index (χ1n) is 3.86. The first kappa shape index (κ1) is 10.1. The minimum absolute atomic E-state index is 0.0706. The van der Waals surface area contributed by atoms with Crippen LogP contribution in [0.5, 0.6) is 0 Å². The highest BCUT2D eigenvalue weighted by Crippen LogP contribution is 1.95. The van der Waals surface area contributed by atoms with E-state index in [2.05, 4.69) is 0 Å². The largest absolute Gasteiger partial charge is 0.459 e. The lowest BCUT2D eigenvalue weighted by molar-refractivity contribution is -0.139. The molecule has 11 heavy (non-hydrogen) atoms. The van der Waals surface area contributed by atoms with E-state index in [1.165, 1.54) is 0 Å². The number of carbonyl (C=O) groups is 1. The van der Waals surface area contributed by atoms with Crippen molar-refractivity contribution in [2.75, 3.05) is 0 Å². The van der Waals surface area contributed by atoms with Crippen molar-refractivity contribution in [1.82, 2.24) is 0 Å². The Morgan fingerprint density at radius 1 is 1.55 bits per heavy atom. The lowest BCUT2D eigenvalue weighted by Crippen LogP contribution is -2.19. The molecule has 0 spiro atoms. The fourth-order valence-corrected chi connectivity index (χ4v) is 0.637. The monoisotopic (exact) mass is 157 g/mol. The van der Waals surface area contributed by atoms with Gasteiger partial charge >= 0.3 is 5.97 Å². The maximum atomic E-state index is 10.9. The quantitative estimate of drug-likeness (QED) is 0.499. The fraction of sp³-hybridized carbons (Fsp3) is 0.750. The van der Waals surface area contributed by atoms with Gasteiger partial charge < -0.3 is 4.74 Å². The molecule has 0 atom stereocenters. The molecule has 0 saturated heterocycles. The van der Waals surface area contributed by atoms with Gasteiger partial charge in [0, 0.05) is 0 Å². The van der Waals surface area contributed by atoms with Crippen LogP contribution in [0.25, 0.3) is 0 Å². The van der Waals surface area contributed by atoms with Crippen LogP contribution in [0.1, 0.15) is 33.6 Å². The Morgan fingerprint density at radius 2 is 2.09 bits per heavy atom. The van der Waals surface area contributed by atoms with Gasteiger partial charge in [-0.1, -0.05) is 13.3 Å². The molecule has 3 nitrogen and oxygen atoms in total. The molecule has 0 fully saturated rings. The third kappa shape index (κ3) is 4.53. The van der Waals surface area contributed by atoms with Gasteiger partial charge in [-0.25, -0.2) is 4.79 Å². The van der Waals surface area contributed by atoms with Crippen LogP contribution in [0.2, 0.25) is 0 Å². The topological polar surface area (TPSA) is 50.2 Å². The van der Waals surface area contributed by atoms with Gasteiger partial charge in [-0.2, -0.15) is 0 Å². The number of ether oxygens (including phenoxy) is 1. The van der Waals surface area contributed by atoms with Crippen LogP contribution in [-0.2, 0) is 9.53 Å². The zero-order valence-electron chi connectivity index (χ0n) is 7.31. The summed E-state index contributed by atoms with van der Waals surface area (Å²) in [6, 6.07) is 0. The average Bonchev–Trinajstić information content (AvgIpc) is 1.86. The van der Waals surface area contributed by atoms with Crippen LogP contribution < -0.4 is 0 Å². The van der Waals surface area contributed by atoms with Crippen LogP contribution in [0.4, 0.5) is 0 Å². The third-order valence-corrected chi connectivity index (χ3v) is 1.09. The van der Waals surface area contributed by atoms with Crippen molar-refractivity contribution in [2.24, 2.45) is 0 Å². The Bertz CT molecular complexity index is 152. The van der Waals surface area contributed by atoms with E-state index in [0.717, 1.165) is 6.42 Å². The van der Waals surface area contributed by atoms with Crippen molar-refractivity contribution in [2.45, 2.75) is 39.7 Å². The number of carbonyl (C=O) groups excluding carboxylic acids is 1. The molecule has 0 saturated carbocycles. The molecule has 0 heterocycles. The second kappa shape index (κ2) is 4.88. The second-order valence-corrected chi connectivity index (χ2v) is 2.68. The summed E-state index contributed by atoms with van der Waals surface area (Å²) < 4.78 is 4.80. The van der Waals surface area contributed by atoms with E-state index in [-0.39, 0.29) is 11.8 Å². The van der Waals surface area contributed by atoms with Gasteiger partial charge in [0.1, 0.15) is 5.71 Å². The van der Waals surface area contributed by atoms with Crippen molar-refractivity contribution in [1.29, 1.82) is 5.41 Å². The molecule has 0 aliphatic heterocycles. The molecule has 0 unspecified atom stereocenters. The minimum Gasteiger partial charge on any atom is -0.459 e. The summed E-state index contributed by atoms with van der Waals surface area (Å²) in [5.41, 5.74) is 0.0706. The van der Waals surface area contributed by atoms with E-state index in [1.807, 2.05) is 6.92 Å². The summed E-state index contributed by atoms with van der Waals surface area (Å²) in [5.74, 6) is -0.484. The Kier molecular flexibility index (Phi) is 4.50. The highest BCUT2D eigenvalue weighted by molar-refractivity contribution is 6.35. The van der Waals surface area contributed by atoms with Crippen molar-refractivity contribution in [3.8, 4) is 0 Å². The van der Waals surface area contributed by atoms with E-state index in [1.54, 1.807) is 13.8 Å². The Labute approximate surface area is 67.3 Å². The number of hydrogen-bond acceptors (Lipinski definition) is 3. The molecular weight excluding hydrogens is 142 g/mol. The average molecular weight is 157 g/mol. The Hall–Kier alpha value is -0.860. The molecule has 0 rings (SSSR count). The summed E-state index contributed by atoms with van der Waals surface area (Å²) in [6.45, 7) is 5.48. The summed E-state index contributed by atoms with van der Waals surface area (Å²) in [5, 5.41) is 7.21. The normalized spacial score (nSPS) is 9.82. The molecule has 0 aliphatic carbocycles. The Balaban J connectivity index is 3.74. The molecule has 3 heteroatoms. The highest BCUT2D eigenvalue weighted by Gasteiger charge is 2.10. The van der Waals surface area contributed by atoms with Crippen molar-refractivity contribution >= 4 is 11.7 Å². The maximum Gasteiger partial charge on any atom is 0.352 e. The molecule has 64 valence electrons. The van der Waals surface area contributed by atoms with Gasteiger partial charge in [0.2, 0.25) is 0 Å². The fourth-order valence-electron chi connectivity index (χ4n) is 0.637. The van der Waals surface area contributed by atoms with E-state index in [4.69, 9.17) is 10.1 Å². The number of rotatable bonds is 4. The van der Waals surface area contributed by atoms with Gasteiger partial charge in [-0.05, 0) is 20.3 Å². The van der Waals surface area contributed by atoms with Crippen molar-refractivity contribution in [3.05, 3.63) is 0 Å². The SMILES string of the molecule is CCCC(=N)C(=O)OC(C)C. The summed E-state index contributed by atoms with van der Waals surface area (Å²) in [6.07, 6.45) is 1.19. The van der Waals surface area contributed by atoms with E-state index < -0.39 is 5.97 Å². The maximum absolute atomic E-state index is 10.9. The second-order valence-electron chi connectivity index (χ2n) is 2.68. The molecule has 0 aromatic heterocycles. The molecule has 0 amide bonds. The predicted molar refractivity (Wildman–Crippen MR) is 43.9 cm³/mol. The van der Waals surface area contributed by atoms with Gasteiger partial charge in [0.25, 0.3) is 0 Å². The number of hydrogen-bond donors (Lipinski definition) is 1. The lowest BCUT2D eigenvalue weighted by atomic mass is 10.2. The number of esters is 1. The van der Waals surface area contributed by atoms with Crippen LogP contribution >= 0.6 is 0 Å². The molecule has 0 aromatic rings. The zero-order chi connectivity index (χ0) is 8.85. The Morgan fingerprint density at radius 3 is 2.45 bits per heavy atom. The van der Waals surface area contributed by atoms with Gasteiger partial charge in [-0.15, -0.1) is 0 Å². The minimum atomic E-state index is -0.484. The molecule has 0 aromatic carbocycles. The van der Waals surface area contributed by atoms with Crippen LogP contribution in [0.15, 0.2) is 0 Å². The third-order valence-electron chi connectivity index (χ3n) is 1.09. The predicted octanol–water partition coefficient (Wildman–Crippen LogP) is 1.76. The summed E-state index contributed by atoms with van der Waals surface area (Å²) in [4.78, 5) is 10.9.